The first kappa shape index (κ1) is 15.5. The van der Waals surface area contributed by atoms with Crippen LogP contribution in [-0.4, -0.2) is 17.1 Å². The van der Waals surface area contributed by atoms with E-state index in [0.717, 1.165) is 38.0 Å². The number of nitrogens with one attached hydrogen (secondary N) is 3. The molecule has 2 fully saturated rings. The number of thiocarbonyl (C=S) groups is 1. The predicted molar refractivity (Wildman–Crippen MR) is 84.9 cm³/mol. The third-order valence-electron chi connectivity index (χ3n) is 5.05. The fourth-order valence-corrected chi connectivity index (χ4v) is 3.60. The summed E-state index contributed by atoms with van der Waals surface area (Å²) >= 11 is 5.28. The largest absolute Gasteiger partial charge is 0.358 e. The van der Waals surface area contributed by atoms with Gasteiger partial charge in [0.2, 0.25) is 5.91 Å². The Hall–Kier alpha value is -0.840. The van der Waals surface area contributed by atoms with E-state index in [0.29, 0.717) is 17.1 Å². The Morgan fingerprint density at radius 1 is 1.00 bits per heavy atom. The topological polar surface area (TPSA) is 53.2 Å². The minimum atomic E-state index is 0.0803. The van der Waals surface area contributed by atoms with E-state index in [1.54, 1.807) is 0 Å². The summed E-state index contributed by atoms with van der Waals surface area (Å²) in [6.45, 7) is 4.58. The van der Waals surface area contributed by atoms with E-state index in [1.807, 2.05) is 0 Å². The standard InChI is InChI=1S/C15H27N3OS/c1-10-6-5-9-13(11(10)2)16-15(20)18-17-14(19)12-7-3-4-8-12/h10-13H,3-9H2,1-2H3,(H,17,19)(H2,16,18,20)/t10-,11-,13+/m1/s1. The number of carbonyl (C=O) groups excluding carboxylic acids is 1. The highest BCUT2D eigenvalue weighted by atomic mass is 32.1. The van der Waals surface area contributed by atoms with Crippen LogP contribution in [0, 0.1) is 17.8 Å². The quantitative estimate of drug-likeness (QED) is 0.541. The van der Waals surface area contributed by atoms with Crippen molar-refractivity contribution in [1.29, 1.82) is 0 Å². The van der Waals surface area contributed by atoms with Crippen molar-refractivity contribution in [3.8, 4) is 0 Å². The molecule has 3 N–H and O–H groups in total. The highest BCUT2D eigenvalue weighted by Gasteiger charge is 2.27. The molecular weight excluding hydrogens is 270 g/mol. The van der Waals surface area contributed by atoms with Gasteiger partial charge in [-0.3, -0.25) is 15.6 Å². The Kier molecular flexibility index (Phi) is 5.64. The summed E-state index contributed by atoms with van der Waals surface area (Å²) in [4.78, 5) is 11.9. The van der Waals surface area contributed by atoms with Crippen molar-refractivity contribution in [2.24, 2.45) is 17.8 Å². The highest BCUT2D eigenvalue weighted by molar-refractivity contribution is 7.80. The van der Waals surface area contributed by atoms with Gasteiger partial charge in [0.15, 0.2) is 5.11 Å². The van der Waals surface area contributed by atoms with Gasteiger partial charge in [-0.15, -0.1) is 0 Å². The van der Waals surface area contributed by atoms with Crippen molar-refractivity contribution in [2.45, 2.75) is 64.8 Å². The van der Waals surface area contributed by atoms with Crippen molar-refractivity contribution < 1.29 is 4.79 Å². The van der Waals surface area contributed by atoms with Crippen LogP contribution in [0.3, 0.4) is 0 Å². The monoisotopic (exact) mass is 297 g/mol. The molecule has 0 radical (unpaired) electrons. The minimum absolute atomic E-state index is 0.0803. The van der Waals surface area contributed by atoms with E-state index < -0.39 is 0 Å². The number of hydrogen-bond donors (Lipinski definition) is 3. The number of carbonyl (C=O) groups is 1. The van der Waals surface area contributed by atoms with Crippen molar-refractivity contribution in [3.05, 3.63) is 0 Å². The van der Waals surface area contributed by atoms with Gasteiger partial charge in [0.1, 0.15) is 0 Å². The molecule has 0 saturated heterocycles. The summed E-state index contributed by atoms with van der Waals surface area (Å²) in [5.74, 6) is 1.60. The molecule has 0 aliphatic heterocycles. The Morgan fingerprint density at radius 2 is 1.70 bits per heavy atom. The van der Waals surface area contributed by atoms with Gasteiger partial charge in [-0.05, 0) is 43.3 Å². The number of amides is 1. The lowest BCUT2D eigenvalue weighted by Gasteiger charge is -2.35. The molecule has 0 heterocycles. The molecule has 114 valence electrons. The first-order valence-electron chi connectivity index (χ1n) is 7.94. The first-order valence-corrected chi connectivity index (χ1v) is 8.35. The molecule has 0 aromatic carbocycles. The molecule has 2 aliphatic carbocycles. The fraction of sp³-hybridized carbons (Fsp3) is 0.867. The fourth-order valence-electron chi connectivity index (χ4n) is 3.40. The zero-order valence-corrected chi connectivity index (χ0v) is 13.4. The number of hydrogen-bond acceptors (Lipinski definition) is 2. The first-order chi connectivity index (χ1) is 9.58. The lowest BCUT2D eigenvalue weighted by Crippen LogP contribution is -2.53. The van der Waals surface area contributed by atoms with E-state index >= 15 is 0 Å². The Bertz CT molecular complexity index is 355. The summed E-state index contributed by atoms with van der Waals surface area (Å²) in [7, 11) is 0. The van der Waals surface area contributed by atoms with E-state index in [9.17, 15) is 4.79 Å². The van der Waals surface area contributed by atoms with Crippen LogP contribution in [0.1, 0.15) is 58.8 Å². The minimum Gasteiger partial charge on any atom is -0.358 e. The SMILES string of the molecule is C[C@@H]1[C@H](C)CCC[C@@H]1NC(=S)NNC(=O)C1CCCC1. The second-order valence-electron chi connectivity index (χ2n) is 6.44. The van der Waals surface area contributed by atoms with Gasteiger partial charge in [-0.1, -0.05) is 39.5 Å². The predicted octanol–water partition coefficient (Wildman–Crippen LogP) is 2.50. The number of rotatable bonds is 2. The third kappa shape index (κ3) is 4.08. The Labute approximate surface area is 127 Å². The maximum atomic E-state index is 11.9. The second-order valence-corrected chi connectivity index (χ2v) is 6.85. The van der Waals surface area contributed by atoms with Crippen LogP contribution < -0.4 is 16.2 Å². The Balaban J connectivity index is 1.70. The normalized spacial score (nSPS) is 30.8. The van der Waals surface area contributed by atoms with Crippen molar-refractivity contribution in [1.82, 2.24) is 16.2 Å². The van der Waals surface area contributed by atoms with Crippen LogP contribution in [0.4, 0.5) is 0 Å². The molecule has 2 aliphatic rings. The summed E-state index contributed by atoms with van der Waals surface area (Å²) in [6, 6.07) is 0.419. The summed E-state index contributed by atoms with van der Waals surface area (Å²) in [5, 5.41) is 3.89. The van der Waals surface area contributed by atoms with Gasteiger partial charge < -0.3 is 5.32 Å². The maximum absolute atomic E-state index is 11.9. The highest BCUT2D eigenvalue weighted by Crippen LogP contribution is 2.29. The van der Waals surface area contributed by atoms with E-state index in [2.05, 4.69) is 30.0 Å². The lowest BCUT2D eigenvalue weighted by molar-refractivity contribution is -0.125. The maximum Gasteiger partial charge on any atom is 0.241 e. The smallest absolute Gasteiger partial charge is 0.241 e. The van der Waals surface area contributed by atoms with E-state index in [-0.39, 0.29) is 11.8 Å². The van der Waals surface area contributed by atoms with Crippen LogP contribution in [-0.2, 0) is 4.79 Å². The van der Waals surface area contributed by atoms with Gasteiger partial charge in [0, 0.05) is 12.0 Å². The van der Waals surface area contributed by atoms with E-state index in [1.165, 1.54) is 12.8 Å². The van der Waals surface area contributed by atoms with Crippen molar-refractivity contribution in [2.75, 3.05) is 0 Å². The van der Waals surface area contributed by atoms with Crippen LogP contribution in [0.5, 0.6) is 0 Å². The molecular formula is C15H27N3OS. The van der Waals surface area contributed by atoms with Gasteiger partial charge in [-0.2, -0.15) is 0 Å². The van der Waals surface area contributed by atoms with Crippen molar-refractivity contribution in [3.63, 3.8) is 0 Å². The summed E-state index contributed by atoms with van der Waals surface area (Å²) in [6.07, 6.45) is 8.05. The zero-order valence-electron chi connectivity index (χ0n) is 12.6. The molecule has 1 amide bonds. The average Bonchev–Trinajstić information content (AvgIpc) is 2.95. The van der Waals surface area contributed by atoms with Crippen LogP contribution in [0.2, 0.25) is 0 Å². The molecule has 0 spiro atoms. The summed E-state index contributed by atoms with van der Waals surface area (Å²) in [5.41, 5.74) is 5.61. The van der Waals surface area contributed by atoms with E-state index in [4.69, 9.17) is 12.2 Å². The Morgan fingerprint density at radius 3 is 2.40 bits per heavy atom. The second kappa shape index (κ2) is 7.25. The van der Waals surface area contributed by atoms with Crippen LogP contribution >= 0.6 is 12.2 Å². The van der Waals surface area contributed by atoms with Crippen LogP contribution in [0.15, 0.2) is 0 Å². The van der Waals surface area contributed by atoms with Gasteiger partial charge in [-0.25, -0.2) is 0 Å². The molecule has 2 rings (SSSR count). The molecule has 0 unspecified atom stereocenters. The molecule has 5 heteroatoms. The average molecular weight is 297 g/mol. The summed E-state index contributed by atoms with van der Waals surface area (Å²) < 4.78 is 0. The number of hydrazine groups is 1. The molecule has 0 aromatic heterocycles. The van der Waals surface area contributed by atoms with Crippen molar-refractivity contribution >= 4 is 23.2 Å². The van der Waals surface area contributed by atoms with Gasteiger partial charge in [0.25, 0.3) is 0 Å². The molecule has 20 heavy (non-hydrogen) atoms. The third-order valence-corrected chi connectivity index (χ3v) is 5.27. The molecule has 3 atom stereocenters. The van der Waals surface area contributed by atoms with Gasteiger partial charge >= 0.3 is 0 Å². The lowest BCUT2D eigenvalue weighted by atomic mass is 9.78. The molecule has 0 aromatic rings. The molecule has 4 nitrogen and oxygen atoms in total. The molecule has 0 bridgehead atoms. The molecule has 2 saturated carbocycles. The van der Waals surface area contributed by atoms with Gasteiger partial charge in [0.05, 0.1) is 0 Å². The van der Waals surface area contributed by atoms with Crippen LogP contribution in [0.25, 0.3) is 0 Å². The zero-order chi connectivity index (χ0) is 14.5.